The molecule has 0 aromatic carbocycles. The first kappa shape index (κ1) is 13.6. The molecular weight excluding hydrogens is 246 g/mol. The molecule has 0 aliphatic carbocycles. The molecule has 1 atom stereocenters. The summed E-state index contributed by atoms with van der Waals surface area (Å²) in [4.78, 5) is 25.6. The van der Waals surface area contributed by atoms with Gasteiger partial charge in [0.2, 0.25) is 11.8 Å². The molecule has 1 unspecified atom stereocenters. The number of carbonyl (C=O) groups is 2. The van der Waals surface area contributed by atoms with Gasteiger partial charge in [-0.2, -0.15) is 0 Å². The van der Waals surface area contributed by atoms with Crippen LogP contribution in [0.2, 0.25) is 0 Å². The Morgan fingerprint density at radius 2 is 2.37 bits per heavy atom. The van der Waals surface area contributed by atoms with E-state index < -0.39 is 0 Å². The summed E-state index contributed by atoms with van der Waals surface area (Å²) in [6.45, 7) is 7.05. The van der Waals surface area contributed by atoms with E-state index in [1.165, 1.54) is 0 Å². The predicted octanol–water partition coefficient (Wildman–Crippen LogP) is 1.43. The van der Waals surface area contributed by atoms with E-state index in [1.807, 2.05) is 0 Å². The molecular formula is C13H19N3O3. The maximum Gasteiger partial charge on any atom is 0.231 e. The molecule has 0 radical (unpaired) electrons. The van der Waals surface area contributed by atoms with Gasteiger partial charge in [-0.15, -0.1) is 0 Å². The number of likely N-dealkylation sites (tertiary alicyclic amines) is 1. The second-order valence-corrected chi connectivity index (χ2v) is 5.41. The van der Waals surface area contributed by atoms with E-state index in [0.29, 0.717) is 30.6 Å². The van der Waals surface area contributed by atoms with Crippen molar-refractivity contribution in [1.82, 2.24) is 10.1 Å². The number of rotatable bonds is 4. The molecule has 0 spiro atoms. The first-order valence-corrected chi connectivity index (χ1v) is 6.47. The van der Waals surface area contributed by atoms with Gasteiger partial charge in [0.05, 0.1) is 5.92 Å². The van der Waals surface area contributed by atoms with Crippen LogP contribution in [0, 0.1) is 18.8 Å². The highest BCUT2D eigenvalue weighted by molar-refractivity contribution is 5.96. The number of amides is 2. The standard InChI is InChI=1S/C13H19N3O3/c1-8(2)6-16-7-10(5-12(16)17)13(18)14-11-4-9(3)19-15-11/h4,8,10H,5-7H2,1-3H3,(H,14,15,18). The van der Waals surface area contributed by atoms with Crippen LogP contribution in [0.4, 0.5) is 5.82 Å². The highest BCUT2D eigenvalue weighted by Gasteiger charge is 2.34. The van der Waals surface area contributed by atoms with Crippen molar-refractivity contribution in [2.45, 2.75) is 27.2 Å². The van der Waals surface area contributed by atoms with Crippen molar-refractivity contribution in [2.75, 3.05) is 18.4 Å². The van der Waals surface area contributed by atoms with Crippen molar-refractivity contribution in [3.8, 4) is 0 Å². The van der Waals surface area contributed by atoms with Crippen LogP contribution in [0.25, 0.3) is 0 Å². The molecule has 1 aromatic rings. The molecule has 2 heterocycles. The Morgan fingerprint density at radius 3 is 2.95 bits per heavy atom. The van der Waals surface area contributed by atoms with Crippen molar-refractivity contribution in [3.63, 3.8) is 0 Å². The highest BCUT2D eigenvalue weighted by atomic mass is 16.5. The topological polar surface area (TPSA) is 75.4 Å². The Kier molecular flexibility index (Phi) is 3.87. The van der Waals surface area contributed by atoms with Crippen molar-refractivity contribution < 1.29 is 14.1 Å². The average molecular weight is 265 g/mol. The molecule has 1 aliphatic rings. The molecule has 2 amide bonds. The van der Waals surface area contributed by atoms with Crippen LogP contribution in [-0.2, 0) is 9.59 Å². The van der Waals surface area contributed by atoms with Crippen LogP contribution in [0.5, 0.6) is 0 Å². The summed E-state index contributed by atoms with van der Waals surface area (Å²) in [6, 6.07) is 1.65. The lowest BCUT2D eigenvalue weighted by molar-refractivity contribution is -0.128. The summed E-state index contributed by atoms with van der Waals surface area (Å²) in [6.07, 6.45) is 0.273. The van der Waals surface area contributed by atoms with Gasteiger partial charge < -0.3 is 14.7 Å². The Balaban J connectivity index is 1.92. The van der Waals surface area contributed by atoms with E-state index in [1.54, 1.807) is 17.9 Å². The van der Waals surface area contributed by atoms with Crippen molar-refractivity contribution in [3.05, 3.63) is 11.8 Å². The minimum absolute atomic E-state index is 0.0465. The fourth-order valence-corrected chi connectivity index (χ4v) is 2.22. The summed E-state index contributed by atoms with van der Waals surface area (Å²) in [5.41, 5.74) is 0. The Labute approximate surface area is 112 Å². The SMILES string of the molecule is Cc1cc(NC(=O)C2CC(=O)N(CC(C)C)C2)no1. The summed E-state index contributed by atoms with van der Waals surface area (Å²) >= 11 is 0. The number of anilines is 1. The summed E-state index contributed by atoms with van der Waals surface area (Å²) < 4.78 is 4.88. The zero-order chi connectivity index (χ0) is 14.0. The molecule has 0 saturated carbocycles. The molecule has 1 aliphatic heterocycles. The van der Waals surface area contributed by atoms with Crippen molar-refractivity contribution in [1.29, 1.82) is 0 Å². The molecule has 0 bridgehead atoms. The Hall–Kier alpha value is -1.85. The molecule has 1 saturated heterocycles. The maximum atomic E-state index is 12.0. The Bertz CT molecular complexity index is 481. The van der Waals surface area contributed by atoms with Crippen LogP contribution >= 0.6 is 0 Å². The van der Waals surface area contributed by atoms with E-state index in [4.69, 9.17) is 4.52 Å². The van der Waals surface area contributed by atoms with Gasteiger partial charge in [-0.1, -0.05) is 19.0 Å². The zero-order valence-electron chi connectivity index (χ0n) is 11.5. The summed E-state index contributed by atoms with van der Waals surface area (Å²) in [5.74, 6) is 1.02. The summed E-state index contributed by atoms with van der Waals surface area (Å²) in [5, 5.41) is 6.38. The normalized spacial score (nSPS) is 19.3. The molecule has 19 heavy (non-hydrogen) atoms. The van der Waals surface area contributed by atoms with Crippen LogP contribution in [0.1, 0.15) is 26.0 Å². The fraction of sp³-hybridized carbons (Fsp3) is 0.615. The van der Waals surface area contributed by atoms with Gasteiger partial charge in [0.15, 0.2) is 5.82 Å². The number of aryl methyl sites for hydroxylation is 1. The lowest BCUT2D eigenvalue weighted by atomic mass is 10.1. The predicted molar refractivity (Wildman–Crippen MR) is 69.4 cm³/mol. The average Bonchev–Trinajstić information content (AvgIpc) is 2.86. The van der Waals surface area contributed by atoms with E-state index >= 15 is 0 Å². The third-order valence-corrected chi connectivity index (χ3v) is 3.05. The van der Waals surface area contributed by atoms with Gasteiger partial charge in [0.1, 0.15) is 5.76 Å². The van der Waals surface area contributed by atoms with Gasteiger partial charge in [-0.3, -0.25) is 9.59 Å². The first-order valence-electron chi connectivity index (χ1n) is 6.47. The van der Waals surface area contributed by atoms with Gasteiger partial charge in [0, 0.05) is 25.6 Å². The quantitative estimate of drug-likeness (QED) is 0.893. The van der Waals surface area contributed by atoms with E-state index in [9.17, 15) is 9.59 Å². The number of nitrogens with zero attached hydrogens (tertiary/aromatic N) is 2. The summed E-state index contributed by atoms with van der Waals surface area (Å²) in [7, 11) is 0. The van der Waals surface area contributed by atoms with Gasteiger partial charge in [-0.25, -0.2) is 0 Å². The van der Waals surface area contributed by atoms with Crippen molar-refractivity contribution in [2.24, 2.45) is 11.8 Å². The molecule has 104 valence electrons. The molecule has 2 rings (SSSR count). The van der Waals surface area contributed by atoms with Crippen LogP contribution in [-0.4, -0.2) is 35.0 Å². The number of hydrogen-bond donors (Lipinski definition) is 1. The lowest BCUT2D eigenvalue weighted by Gasteiger charge is -2.18. The molecule has 1 fully saturated rings. The molecule has 1 aromatic heterocycles. The number of aromatic nitrogens is 1. The lowest BCUT2D eigenvalue weighted by Crippen LogP contribution is -2.31. The van der Waals surface area contributed by atoms with Crippen LogP contribution in [0.3, 0.4) is 0 Å². The van der Waals surface area contributed by atoms with Crippen molar-refractivity contribution >= 4 is 17.6 Å². The fourth-order valence-electron chi connectivity index (χ4n) is 2.22. The van der Waals surface area contributed by atoms with Gasteiger partial charge >= 0.3 is 0 Å². The number of carbonyl (C=O) groups excluding carboxylic acids is 2. The third kappa shape index (κ3) is 3.33. The van der Waals surface area contributed by atoms with Gasteiger partial charge in [0.25, 0.3) is 0 Å². The second-order valence-electron chi connectivity index (χ2n) is 5.41. The van der Waals surface area contributed by atoms with E-state index in [0.717, 1.165) is 0 Å². The number of nitrogens with one attached hydrogen (secondary N) is 1. The minimum atomic E-state index is -0.303. The largest absolute Gasteiger partial charge is 0.360 e. The monoisotopic (exact) mass is 265 g/mol. The van der Waals surface area contributed by atoms with E-state index in [-0.39, 0.29) is 24.2 Å². The maximum absolute atomic E-state index is 12.0. The first-order chi connectivity index (χ1) is 8.95. The molecule has 1 N–H and O–H groups in total. The van der Waals surface area contributed by atoms with Gasteiger partial charge in [-0.05, 0) is 12.8 Å². The number of hydrogen-bond acceptors (Lipinski definition) is 4. The molecule has 6 nitrogen and oxygen atoms in total. The van der Waals surface area contributed by atoms with E-state index in [2.05, 4.69) is 24.3 Å². The molecule has 6 heteroatoms. The smallest absolute Gasteiger partial charge is 0.231 e. The minimum Gasteiger partial charge on any atom is -0.360 e. The zero-order valence-corrected chi connectivity index (χ0v) is 11.5. The second kappa shape index (κ2) is 5.42. The highest BCUT2D eigenvalue weighted by Crippen LogP contribution is 2.20. The van der Waals surface area contributed by atoms with Crippen LogP contribution < -0.4 is 5.32 Å². The Morgan fingerprint density at radius 1 is 1.63 bits per heavy atom. The third-order valence-electron chi connectivity index (χ3n) is 3.05. The van der Waals surface area contributed by atoms with Crippen LogP contribution in [0.15, 0.2) is 10.6 Å².